The van der Waals surface area contributed by atoms with E-state index in [1.807, 2.05) is 74.5 Å². The number of benzene rings is 3. The summed E-state index contributed by atoms with van der Waals surface area (Å²) in [6.07, 6.45) is 2.57. The minimum absolute atomic E-state index is 0.0176. The normalized spacial score (nSPS) is 17.0. The van der Waals surface area contributed by atoms with Crippen LogP contribution in [0.15, 0.2) is 96.1 Å². The molecule has 1 aliphatic rings. The Hall–Kier alpha value is -4.20. The number of hydrogen-bond acceptors (Lipinski definition) is 5. The van der Waals surface area contributed by atoms with Crippen LogP contribution in [0.5, 0.6) is 0 Å². The van der Waals surface area contributed by atoms with Crippen molar-refractivity contribution in [3.63, 3.8) is 0 Å². The maximum Gasteiger partial charge on any atom is 0.305 e. The third-order valence-electron chi connectivity index (χ3n) is 10.1. The van der Waals surface area contributed by atoms with Crippen molar-refractivity contribution >= 4 is 28.7 Å². The van der Waals surface area contributed by atoms with E-state index in [0.717, 1.165) is 39.8 Å². The van der Waals surface area contributed by atoms with E-state index < -0.39 is 18.2 Å². The molecule has 1 aliphatic carbocycles. The molecule has 0 saturated heterocycles. The lowest BCUT2D eigenvalue weighted by Gasteiger charge is -2.25. The van der Waals surface area contributed by atoms with Crippen LogP contribution in [0.25, 0.3) is 11.1 Å². The quantitative estimate of drug-likeness (QED) is 0.102. The molecule has 3 aromatic carbocycles. The lowest BCUT2D eigenvalue weighted by atomic mass is 9.80. The van der Waals surface area contributed by atoms with Crippen LogP contribution in [-0.2, 0) is 20.8 Å². The van der Waals surface area contributed by atoms with E-state index in [4.69, 9.17) is 5.11 Å². The zero-order chi connectivity index (χ0) is 37.8. The van der Waals surface area contributed by atoms with Crippen molar-refractivity contribution in [2.24, 2.45) is 23.7 Å². The summed E-state index contributed by atoms with van der Waals surface area (Å²) in [5.41, 5.74) is 6.33. The van der Waals surface area contributed by atoms with Gasteiger partial charge < -0.3 is 15.3 Å². The van der Waals surface area contributed by atoms with E-state index in [-0.39, 0.29) is 53.9 Å². The van der Waals surface area contributed by atoms with E-state index >= 15 is 0 Å². The summed E-state index contributed by atoms with van der Waals surface area (Å²) < 4.78 is 14.2. The van der Waals surface area contributed by atoms with Crippen LogP contribution >= 0.6 is 0 Å². The minimum Gasteiger partial charge on any atom is -0.481 e. The molecular formula is C45H55FO6. The average Bonchev–Trinajstić information content (AvgIpc) is 3.43. The highest BCUT2D eigenvalue weighted by atomic mass is 19.1. The van der Waals surface area contributed by atoms with E-state index in [1.54, 1.807) is 12.1 Å². The van der Waals surface area contributed by atoms with Gasteiger partial charge in [-0.15, -0.1) is 0 Å². The summed E-state index contributed by atoms with van der Waals surface area (Å²) in [6, 6.07) is 26.1. The van der Waals surface area contributed by atoms with Crippen LogP contribution in [0.1, 0.15) is 102 Å². The van der Waals surface area contributed by atoms with Gasteiger partial charge >= 0.3 is 5.97 Å². The summed E-state index contributed by atoms with van der Waals surface area (Å²) >= 11 is 0. The van der Waals surface area contributed by atoms with Crippen molar-refractivity contribution in [2.75, 3.05) is 0 Å². The fraction of sp³-hybridized carbons (Fsp3) is 0.444. The predicted molar refractivity (Wildman–Crippen MR) is 205 cm³/mol. The number of aliphatic hydroxyl groups excluding tert-OH is 2. The summed E-state index contributed by atoms with van der Waals surface area (Å²) in [5.74, 6) is -1.22. The van der Waals surface area contributed by atoms with E-state index in [0.29, 0.717) is 50.5 Å². The molecule has 0 amide bonds. The van der Waals surface area contributed by atoms with Crippen molar-refractivity contribution < 1.29 is 34.1 Å². The Morgan fingerprint density at radius 3 is 1.96 bits per heavy atom. The summed E-state index contributed by atoms with van der Waals surface area (Å²) in [5, 5.41) is 30.1. The van der Waals surface area contributed by atoms with Gasteiger partial charge in [-0.1, -0.05) is 107 Å². The molecule has 0 saturated carbocycles. The smallest absolute Gasteiger partial charge is 0.305 e. The van der Waals surface area contributed by atoms with Crippen LogP contribution in [0, 0.1) is 29.5 Å². The van der Waals surface area contributed by atoms with Crippen molar-refractivity contribution in [3.05, 3.63) is 119 Å². The van der Waals surface area contributed by atoms with Gasteiger partial charge in [-0.25, -0.2) is 4.39 Å². The van der Waals surface area contributed by atoms with Gasteiger partial charge in [-0.3, -0.25) is 14.4 Å². The van der Waals surface area contributed by atoms with E-state index in [9.17, 15) is 29.0 Å². The number of hydrogen-bond donors (Lipinski definition) is 3. The maximum absolute atomic E-state index is 14.4. The van der Waals surface area contributed by atoms with Crippen molar-refractivity contribution in [3.8, 4) is 0 Å². The molecule has 5 atom stereocenters. The van der Waals surface area contributed by atoms with Crippen LogP contribution in [0.4, 0.5) is 4.39 Å². The van der Waals surface area contributed by atoms with Crippen molar-refractivity contribution in [2.45, 2.75) is 104 Å². The number of carbonyl (C=O) groups is 3. The number of carbonyl (C=O) groups excluding carboxylic acids is 2. The molecule has 0 radical (unpaired) electrons. The summed E-state index contributed by atoms with van der Waals surface area (Å²) in [7, 11) is 0. The zero-order valence-corrected chi connectivity index (χ0v) is 31.1. The average molecular weight is 711 g/mol. The highest BCUT2D eigenvalue weighted by Gasteiger charge is 2.39. The fourth-order valence-electron chi connectivity index (χ4n) is 7.85. The Morgan fingerprint density at radius 2 is 1.35 bits per heavy atom. The van der Waals surface area contributed by atoms with Gasteiger partial charge in [0.15, 0.2) is 5.78 Å². The number of aliphatic hydroxyl groups is 2. The number of rotatable bonds is 21. The van der Waals surface area contributed by atoms with Crippen LogP contribution < -0.4 is 0 Å². The van der Waals surface area contributed by atoms with Crippen LogP contribution in [0.3, 0.4) is 0 Å². The molecule has 0 spiro atoms. The molecule has 0 fully saturated rings. The Labute approximate surface area is 308 Å². The number of Topliss-reactive ketones (excluding diaryl/α,β-unsaturated/α-hetero) is 2. The monoisotopic (exact) mass is 710 g/mol. The molecule has 1 unspecified atom stereocenters. The number of aliphatic carboxylic acids is 1. The third kappa shape index (κ3) is 11.7. The molecule has 0 heterocycles. The lowest BCUT2D eigenvalue weighted by molar-refractivity contribution is -0.139. The molecule has 6 nitrogen and oxygen atoms in total. The Balaban J connectivity index is 1.51. The van der Waals surface area contributed by atoms with Crippen molar-refractivity contribution in [1.29, 1.82) is 0 Å². The number of ketones is 2. The standard InChI is InChI=1S/C45H55FO6/c1-29(2)42-39(23-22-37(48)26-31(4)25-36(47)17-11-12-30(3)24-38(49)28-41(51)52)43(34-18-20-35(46)21-19-34)44(33-15-9-6-10-16-33)45(42)40(50)27-32-13-7-5-8-14-32/h5-10,13-16,18-21,29-31,37-39,48-49H,11-12,17,22-28H2,1-4H3,(H,51,52)/t30-,31+,37-,38-,39?/m1/s1. The minimum atomic E-state index is -1.02. The molecule has 278 valence electrons. The molecule has 0 aliphatic heterocycles. The van der Waals surface area contributed by atoms with Gasteiger partial charge in [0.1, 0.15) is 11.6 Å². The first-order valence-corrected chi connectivity index (χ1v) is 18.8. The zero-order valence-electron chi connectivity index (χ0n) is 31.1. The Morgan fingerprint density at radius 1 is 0.731 bits per heavy atom. The second-order valence-electron chi connectivity index (χ2n) is 15.1. The van der Waals surface area contributed by atoms with E-state index in [1.165, 1.54) is 12.1 Å². The predicted octanol–water partition coefficient (Wildman–Crippen LogP) is 9.29. The topological polar surface area (TPSA) is 112 Å². The first-order valence-electron chi connectivity index (χ1n) is 18.8. The second-order valence-corrected chi connectivity index (χ2v) is 15.1. The SMILES string of the molecule is CC(C)C1=C(C(=O)Cc2ccccc2)C(c2ccccc2)=C(c2ccc(F)cc2)C1CC[C@@H](O)C[C@@H](C)CC(=O)CCC[C@@H](C)C[C@@H](O)CC(=O)O. The lowest BCUT2D eigenvalue weighted by Crippen LogP contribution is -2.18. The Kier molecular flexibility index (Phi) is 15.3. The van der Waals surface area contributed by atoms with Gasteiger partial charge in [-0.05, 0) is 95.4 Å². The third-order valence-corrected chi connectivity index (χ3v) is 10.1. The van der Waals surface area contributed by atoms with Gasteiger partial charge in [-0.2, -0.15) is 0 Å². The highest BCUT2D eigenvalue weighted by molar-refractivity contribution is 6.20. The molecular weight excluding hydrogens is 655 g/mol. The van der Waals surface area contributed by atoms with Crippen LogP contribution in [0.2, 0.25) is 0 Å². The molecule has 3 aromatic rings. The summed E-state index contributed by atoms with van der Waals surface area (Å²) in [6.45, 7) is 8.16. The number of allylic oxidation sites excluding steroid dienone is 4. The molecule has 7 heteroatoms. The Bertz CT molecular complexity index is 1690. The van der Waals surface area contributed by atoms with Gasteiger partial charge in [0.2, 0.25) is 0 Å². The fourth-order valence-corrected chi connectivity index (χ4v) is 7.85. The van der Waals surface area contributed by atoms with Gasteiger partial charge in [0.05, 0.1) is 18.6 Å². The van der Waals surface area contributed by atoms with Gasteiger partial charge in [0.25, 0.3) is 0 Å². The molecule has 4 rings (SSSR count). The first kappa shape index (κ1) is 40.6. The first-order chi connectivity index (χ1) is 24.8. The molecule has 0 bridgehead atoms. The van der Waals surface area contributed by atoms with E-state index in [2.05, 4.69) is 13.8 Å². The number of halogens is 1. The van der Waals surface area contributed by atoms with Gasteiger partial charge in [0, 0.05) is 30.8 Å². The van der Waals surface area contributed by atoms with Crippen LogP contribution in [-0.4, -0.2) is 45.1 Å². The molecule has 0 aromatic heterocycles. The second kappa shape index (κ2) is 19.6. The molecule has 52 heavy (non-hydrogen) atoms. The maximum atomic E-state index is 14.4. The summed E-state index contributed by atoms with van der Waals surface area (Å²) in [4.78, 5) is 38.0. The molecule has 3 N–H and O–H groups in total. The number of carboxylic acids is 1. The highest BCUT2D eigenvalue weighted by Crippen LogP contribution is 2.52. The van der Waals surface area contributed by atoms with Crippen molar-refractivity contribution in [1.82, 2.24) is 0 Å². The number of carboxylic acid groups (broad SMARTS) is 1. The largest absolute Gasteiger partial charge is 0.481 e.